The third-order valence-electron chi connectivity index (χ3n) is 9.70. The Kier molecular flexibility index (Phi) is 13.5. The highest BCUT2D eigenvalue weighted by Gasteiger charge is 2.35. The van der Waals surface area contributed by atoms with E-state index in [4.69, 9.17) is 10.8 Å². The zero-order chi connectivity index (χ0) is 49.4. The Morgan fingerprint density at radius 2 is 1.15 bits per heavy atom. The minimum Gasteiger partial charge on any atom is -0.480 e. The van der Waals surface area contributed by atoms with Crippen molar-refractivity contribution in [3.63, 3.8) is 0 Å². The number of nitrogens with one attached hydrogen (secondary N) is 3. The number of carboxylic acids is 1. The summed E-state index contributed by atoms with van der Waals surface area (Å²) in [6, 6.07) is 0.929. The summed E-state index contributed by atoms with van der Waals surface area (Å²) in [5.74, 6) is -1.06. The van der Waals surface area contributed by atoms with Crippen LogP contribution in [0.2, 0.25) is 0 Å². The molecule has 2 atom stereocenters. The summed E-state index contributed by atoms with van der Waals surface area (Å²) in [5.41, 5.74) is 2.45. The fourth-order valence-electron chi connectivity index (χ4n) is 6.23. The number of aryl methyl sites for hydroxylation is 4. The number of fused-ring (bicyclic) bond motifs is 2. The molecule has 8 heterocycles. The molecule has 0 aliphatic carbocycles. The Bertz CT molecular complexity index is 3430. The van der Waals surface area contributed by atoms with E-state index in [-0.39, 0.29) is 39.3 Å². The average Bonchev–Trinajstić information content (AvgIpc) is 4.08. The van der Waals surface area contributed by atoms with Gasteiger partial charge in [0.15, 0.2) is 22.3 Å². The number of hydrogen-bond acceptors (Lipinski definition) is 15. The lowest BCUT2D eigenvalue weighted by Gasteiger charge is -2.13. The van der Waals surface area contributed by atoms with E-state index in [1.54, 1.807) is 5.38 Å². The number of carbonyl (C=O) groups is 2. The summed E-state index contributed by atoms with van der Waals surface area (Å²) < 4.78 is 81.1. The molecule has 0 aliphatic heterocycles. The lowest BCUT2D eigenvalue weighted by molar-refractivity contribution is -0.142. The van der Waals surface area contributed by atoms with Crippen molar-refractivity contribution in [3.8, 4) is 21.1 Å². The van der Waals surface area contributed by atoms with Gasteiger partial charge in [-0.3, -0.25) is 43.5 Å². The number of H-pyrrole nitrogens is 2. The first-order valence-electron chi connectivity index (χ1n) is 18.9. The van der Waals surface area contributed by atoms with Gasteiger partial charge in [-0.15, -0.1) is 22.7 Å². The molecule has 0 bridgehead atoms. The number of nitrogens with zero attached hydrogens (tertiary/aromatic N) is 10. The number of anilines is 2. The maximum atomic E-state index is 12.9. The molecule has 29 heteroatoms. The summed E-state index contributed by atoms with van der Waals surface area (Å²) in [5, 5.41) is 15.6. The Morgan fingerprint density at radius 3 is 1.55 bits per heavy atom. The lowest BCUT2D eigenvalue weighted by atomic mass is 10.1. The molecule has 8 aromatic rings. The number of hydrogen-bond donors (Lipinski definition) is 5. The number of halogens is 6. The molecule has 0 unspecified atom stereocenters. The fraction of sp³-hybridized carbons (Fsp3) is 0.263. The molecule has 0 fully saturated rings. The van der Waals surface area contributed by atoms with Gasteiger partial charge in [0.25, 0.3) is 11.1 Å². The Morgan fingerprint density at radius 1 is 0.716 bits per heavy atom. The molecule has 0 spiro atoms. The van der Waals surface area contributed by atoms with Gasteiger partial charge in [0.05, 0.1) is 12.7 Å². The van der Waals surface area contributed by atoms with Crippen LogP contribution < -0.4 is 33.5 Å². The number of carbonyl (C=O) groups excluding carboxylic acids is 1. The van der Waals surface area contributed by atoms with Crippen molar-refractivity contribution in [3.05, 3.63) is 112 Å². The molecule has 0 radical (unpaired) electrons. The van der Waals surface area contributed by atoms with E-state index in [2.05, 4.69) is 45.2 Å². The Labute approximate surface area is 377 Å². The second-order valence-electron chi connectivity index (χ2n) is 14.4. The highest BCUT2D eigenvalue weighted by Crippen LogP contribution is 2.34. The van der Waals surface area contributed by atoms with E-state index < -0.39 is 70.2 Å². The number of aromatic amines is 2. The van der Waals surface area contributed by atoms with E-state index in [0.29, 0.717) is 27.0 Å². The Hall–Kier alpha value is -7.82. The van der Waals surface area contributed by atoms with Crippen LogP contribution >= 0.6 is 22.7 Å². The number of nitrogens with two attached hydrogens (primary N) is 1. The third kappa shape index (κ3) is 10.2. The number of imidazole rings is 2. The van der Waals surface area contributed by atoms with Crippen LogP contribution in [0, 0.1) is 13.8 Å². The van der Waals surface area contributed by atoms with Gasteiger partial charge in [-0.25, -0.2) is 34.3 Å². The SMILES string of the molecule is C[C@@H](C(=O)O)n1cnc2c1c(=O)[nH]c(=O)n2C.Cc1cc(-c2nc(N)cs2)cnc1C(F)(F)F.Cc1cc(-c2nc(NC(=O)[C@H](C)n3cnc4c3c(=O)[nH]c(=O)n4C)cs2)cnc1C(F)(F)F. The number of aliphatic carboxylic acids is 1. The number of alkyl halides is 6. The highest BCUT2D eigenvalue weighted by atomic mass is 32.1. The molecular weight excluding hydrogens is 943 g/mol. The number of aromatic nitrogens is 12. The van der Waals surface area contributed by atoms with Crippen LogP contribution in [-0.2, 0) is 36.0 Å². The monoisotopic (exact) mass is 976 g/mol. The fourth-order valence-corrected chi connectivity index (χ4v) is 7.65. The van der Waals surface area contributed by atoms with E-state index in [0.717, 1.165) is 32.9 Å². The van der Waals surface area contributed by atoms with Gasteiger partial charge in [-0.2, -0.15) is 26.3 Å². The number of nitrogen functional groups attached to an aromatic ring is 1. The second kappa shape index (κ2) is 18.6. The van der Waals surface area contributed by atoms with Gasteiger partial charge < -0.3 is 25.3 Å². The van der Waals surface area contributed by atoms with Crippen LogP contribution in [-0.4, -0.2) is 75.1 Å². The topological polar surface area (TPSA) is 289 Å². The van der Waals surface area contributed by atoms with Gasteiger partial charge in [0, 0.05) is 48.4 Å². The number of thiazole rings is 2. The molecule has 0 aliphatic rings. The zero-order valence-corrected chi connectivity index (χ0v) is 36.9. The van der Waals surface area contributed by atoms with Crippen molar-refractivity contribution in [2.75, 3.05) is 11.1 Å². The molecule has 21 nitrogen and oxygen atoms in total. The zero-order valence-electron chi connectivity index (χ0n) is 35.3. The van der Waals surface area contributed by atoms with Crippen LogP contribution in [0.15, 0.2) is 67.1 Å². The van der Waals surface area contributed by atoms with Gasteiger partial charge in [-0.05, 0) is 51.0 Å². The first kappa shape index (κ1) is 48.6. The molecule has 0 aromatic carbocycles. The van der Waals surface area contributed by atoms with Crippen LogP contribution in [0.3, 0.4) is 0 Å². The predicted octanol–water partition coefficient (Wildman–Crippen LogP) is 4.65. The van der Waals surface area contributed by atoms with Crippen molar-refractivity contribution in [2.24, 2.45) is 14.1 Å². The van der Waals surface area contributed by atoms with Gasteiger partial charge in [0.2, 0.25) is 5.91 Å². The molecule has 352 valence electrons. The second-order valence-corrected chi connectivity index (χ2v) is 16.1. The standard InChI is InChI=1S/C19H16F3N7O3S.C10H8F3N3S.C9H10N4O4/c1-8-4-10(5-23-13(8)19(20,21)22)17-26-11(6-33-17)25-15(30)9(2)29-7-24-14-12(29)16(31)27-18(32)28(14)3;1-5-2-6(9-16-7(14)4-17-9)3-15-8(5)10(11,12)13;1-4(8(15)16)13-3-10-6-5(13)7(14)11-9(17)12(6)2/h4-7,9H,1-3H3,(H,25,30)(H,27,31,32);2-4H,14H2,1H3;3-4H,1-2H3,(H,15,16)(H,11,14,17)/t9-;;4-/m0.0/s1. The number of carboxylic acid groups (broad SMARTS) is 1. The van der Waals surface area contributed by atoms with Crippen molar-refractivity contribution in [1.29, 1.82) is 0 Å². The van der Waals surface area contributed by atoms with Crippen LogP contribution in [0.25, 0.3) is 43.5 Å². The van der Waals surface area contributed by atoms with E-state index >= 15 is 0 Å². The molecule has 67 heavy (non-hydrogen) atoms. The maximum absolute atomic E-state index is 12.9. The molecule has 6 N–H and O–H groups in total. The van der Waals surface area contributed by atoms with E-state index in [9.17, 15) is 55.1 Å². The highest BCUT2D eigenvalue weighted by molar-refractivity contribution is 7.13. The quantitative estimate of drug-likeness (QED) is 0.136. The molecule has 1 amide bonds. The lowest BCUT2D eigenvalue weighted by Crippen LogP contribution is -2.31. The maximum Gasteiger partial charge on any atom is 0.433 e. The van der Waals surface area contributed by atoms with E-state index in [1.165, 1.54) is 92.4 Å². The summed E-state index contributed by atoms with van der Waals surface area (Å²) >= 11 is 2.39. The smallest absolute Gasteiger partial charge is 0.433 e. The normalized spacial score (nSPS) is 12.5. The van der Waals surface area contributed by atoms with Crippen molar-refractivity contribution < 1.29 is 41.0 Å². The van der Waals surface area contributed by atoms with Gasteiger partial charge >= 0.3 is 29.7 Å². The largest absolute Gasteiger partial charge is 0.480 e. The minimum atomic E-state index is -4.55. The van der Waals surface area contributed by atoms with Crippen molar-refractivity contribution in [2.45, 2.75) is 52.1 Å². The Balaban J connectivity index is 0.000000183. The molecular formula is C38H34F6N14O7S2. The number of rotatable bonds is 7. The van der Waals surface area contributed by atoms with Crippen molar-refractivity contribution >= 4 is 68.5 Å². The summed E-state index contributed by atoms with van der Waals surface area (Å²) in [6.45, 7) is 5.64. The first-order chi connectivity index (χ1) is 31.3. The first-order valence-corrected chi connectivity index (χ1v) is 20.6. The van der Waals surface area contributed by atoms with Crippen molar-refractivity contribution in [1.82, 2.24) is 58.1 Å². The minimum absolute atomic E-state index is 0.0407. The molecule has 0 saturated heterocycles. The number of pyridine rings is 2. The summed E-state index contributed by atoms with van der Waals surface area (Å²) in [6.07, 6.45) is -4.22. The van der Waals surface area contributed by atoms with E-state index in [1.807, 2.05) is 0 Å². The summed E-state index contributed by atoms with van der Waals surface area (Å²) in [7, 11) is 2.89. The predicted molar refractivity (Wildman–Crippen MR) is 231 cm³/mol. The van der Waals surface area contributed by atoms with Crippen LogP contribution in [0.1, 0.15) is 48.4 Å². The van der Waals surface area contributed by atoms with Gasteiger partial charge in [-0.1, -0.05) is 0 Å². The molecule has 0 saturated carbocycles. The molecule has 8 rings (SSSR count). The van der Waals surface area contributed by atoms with Crippen LogP contribution in [0.4, 0.5) is 38.0 Å². The third-order valence-corrected chi connectivity index (χ3v) is 11.5. The summed E-state index contributed by atoms with van der Waals surface area (Å²) in [4.78, 5) is 97.9. The molecule has 8 aromatic heterocycles. The van der Waals surface area contributed by atoms with Gasteiger partial charge in [0.1, 0.15) is 45.1 Å². The number of amides is 1. The van der Waals surface area contributed by atoms with Crippen LogP contribution in [0.5, 0.6) is 0 Å². The average molecular weight is 977 g/mol.